The molecule has 0 radical (unpaired) electrons. The molecule has 1 unspecified atom stereocenters. The number of carbonyl (C=O) groups excluding carboxylic acids is 2. The molecular weight excluding hydrogens is 654 g/mol. The van der Waals surface area contributed by atoms with Crippen LogP contribution in [0.25, 0.3) is 0 Å². The second-order valence-corrected chi connectivity index (χ2v) is 13.9. The minimum atomic E-state index is -4.22. The number of amides is 2. The van der Waals surface area contributed by atoms with Gasteiger partial charge in [0.15, 0.2) is 0 Å². The number of anilines is 1. The van der Waals surface area contributed by atoms with Crippen molar-refractivity contribution in [1.82, 2.24) is 10.2 Å². The minimum Gasteiger partial charge on any atom is -0.496 e. The molecule has 1 saturated carbocycles. The number of rotatable bonds is 11. The van der Waals surface area contributed by atoms with E-state index in [-0.39, 0.29) is 23.4 Å². The molecule has 0 bridgehead atoms. The van der Waals surface area contributed by atoms with Gasteiger partial charge in [-0.2, -0.15) is 0 Å². The first kappa shape index (κ1) is 32.8. The van der Waals surface area contributed by atoms with E-state index in [0.717, 1.165) is 42.0 Å². The average molecular weight is 691 g/mol. The van der Waals surface area contributed by atoms with Gasteiger partial charge in [0.1, 0.15) is 18.3 Å². The Morgan fingerprint density at radius 1 is 1.05 bits per heavy atom. The van der Waals surface area contributed by atoms with E-state index >= 15 is 0 Å². The maximum atomic E-state index is 14.2. The van der Waals surface area contributed by atoms with Gasteiger partial charge in [0.25, 0.3) is 10.0 Å². The van der Waals surface area contributed by atoms with Crippen LogP contribution in [0.4, 0.5) is 5.69 Å². The van der Waals surface area contributed by atoms with Crippen LogP contribution >= 0.6 is 27.5 Å². The molecule has 1 aliphatic rings. The zero-order valence-electron chi connectivity index (χ0n) is 24.6. The highest BCUT2D eigenvalue weighted by molar-refractivity contribution is 9.10. The van der Waals surface area contributed by atoms with Gasteiger partial charge in [-0.25, -0.2) is 8.42 Å². The summed E-state index contributed by atoms with van der Waals surface area (Å²) >= 11 is 9.83. The van der Waals surface area contributed by atoms with Crippen LogP contribution in [0.2, 0.25) is 5.02 Å². The molecule has 0 spiro atoms. The SMILES string of the molecule is COc1ccc(S(=O)(=O)N(CC(=O)N(Cc2ccccc2Cl)C(C)C(=O)NC2CCCCC2)c2ccc(C)cc2)cc1Br. The summed E-state index contributed by atoms with van der Waals surface area (Å²) in [6, 6.07) is 17.6. The highest BCUT2D eigenvalue weighted by atomic mass is 79.9. The van der Waals surface area contributed by atoms with Crippen molar-refractivity contribution in [2.24, 2.45) is 0 Å². The lowest BCUT2D eigenvalue weighted by molar-refractivity contribution is -0.139. The van der Waals surface area contributed by atoms with Crippen molar-refractivity contribution in [2.75, 3.05) is 18.0 Å². The summed E-state index contributed by atoms with van der Waals surface area (Å²) in [4.78, 5) is 29.0. The quantitative estimate of drug-likeness (QED) is 0.249. The lowest BCUT2D eigenvalue weighted by Crippen LogP contribution is -2.53. The number of sulfonamides is 1. The second kappa shape index (κ2) is 14.6. The fourth-order valence-corrected chi connectivity index (χ4v) is 7.46. The lowest BCUT2D eigenvalue weighted by atomic mass is 9.95. The third-order valence-electron chi connectivity index (χ3n) is 7.73. The molecule has 8 nitrogen and oxygen atoms in total. The third kappa shape index (κ3) is 8.10. The Bertz CT molecular complexity index is 1540. The number of benzene rings is 3. The summed E-state index contributed by atoms with van der Waals surface area (Å²) in [6.07, 6.45) is 5.04. The van der Waals surface area contributed by atoms with Crippen LogP contribution in [-0.2, 0) is 26.2 Å². The number of aryl methyl sites for hydroxylation is 1. The number of nitrogens with one attached hydrogen (secondary N) is 1. The predicted molar refractivity (Wildman–Crippen MR) is 173 cm³/mol. The van der Waals surface area contributed by atoms with Gasteiger partial charge in [0.05, 0.1) is 22.2 Å². The van der Waals surface area contributed by atoms with Crippen molar-refractivity contribution in [1.29, 1.82) is 0 Å². The second-order valence-electron chi connectivity index (χ2n) is 10.8. The Labute approximate surface area is 267 Å². The minimum absolute atomic E-state index is 0.0192. The Morgan fingerprint density at radius 2 is 1.72 bits per heavy atom. The summed E-state index contributed by atoms with van der Waals surface area (Å²) in [5.41, 5.74) is 1.91. The van der Waals surface area contributed by atoms with Gasteiger partial charge < -0.3 is 15.0 Å². The smallest absolute Gasteiger partial charge is 0.264 e. The fraction of sp³-hybridized carbons (Fsp3) is 0.375. The highest BCUT2D eigenvalue weighted by Gasteiger charge is 2.33. The summed E-state index contributed by atoms with van der Waals surface area (Å²) in [5.74, 6) is -0.347. The van der Waals surface area contributed by atoms with E-state index < -0.39 is 28.5 Å². The van der Waals surface area contributed by atoms with Crippen LogP contribution < -0.4 is 14.4 Å². The molecule has 0 heterocycles. The molecule has 0 aromatic heterocycles. The topological polar surface area (TPSA) is 96.0 Å². The molecule has 3 aromatic rings. The van der Waals surface area contributed by atoms with Gasteiger partial charge in [-0.3, -0.25) is 13.9 Å². The molecule has 0 saturated heterocycles. The number of carbonyl (C=O) groups is 2. The molecule has 230 valence electrons. The first-order valence-electron chi connectivity index (χ1n) is 14.3. The maximum absolute atomic E-state index is 14.2. The Morgan fingerprint density at radius 3 is 2.35 bits per heavy atom. The number of ether oxygens (including phenoxy) is 1. The van der Waals surface area contributed by atoms with Crippen molar-refractivity contribution in [3.8, 4) is 5.75 Å². The van der Waals surface area contributed by atoms with Crippen molar-refractivity contribution in [2.45, 2.75) is 69.5 Å². The van der Waals surface area contributed by atoms with E-state index in [1.54, 1.807) is 61.5 Å². The summed E-state index contributed by atoms with van der Waals surface area (Å²) < 4.78 is 35.0. The highest BCUT2D eigenvalue weighted by Crippen LogP contribution is 2.31. The molecule has 0 aliphatic heterocycles. The van der Waals surface area contributed by atoms with Crippen LogP contribution in [0.15, 0.2) is 76.1 Å². The number of methoxy groups -OCH3 is 1. The van der Waals surface area contributed by atoms with Gasteiger partial charge in [-0.15, -0.1) is 0 Å². The van der Waals surface area contributed by atoms with Gasteiger partial charge in [0.2, 0.25) is 11.8 Å². The van der Waals surface area contributed by atoms with Gasteiger partial charge >= 0.3 is 0 Å². The van der Waals surface area contributed by atoms with Crippen LogP contribution in [0.1, 0.15) is 50.2 Å². The molecule has 4 rings (SSSR count). The van der Waals surface area contributed by atoms with E-state index in [1.807, 2.05) is 6.92 Å². The van der Waals surface area contributed by atoms with Gasteiger partial charge in [0, 0.05) is 17.6 Å². The van der Waals surface area contributed by atoms with Crippen molar-refractivity contribution >= 4 is 55.1 Å². The molecule has 1 fully saturated rings. The molecule has 2 amide bonds. The number of nitrogens with zero attached hydrogens (tertiary/aromatic N) is 2. The molecule has 1 N–H and O–H groups in total. The van der Waals surface area contributed by atoms with E-state index in [1.165, 1.54) is 24.1 Å². The van der Waals surface area contributed by atoms with Crippen molar-refractivity contribution < 1.29 is 22.7 Å². The first-order valence-corrected chi connectivity index (χ1v) is 16.9. The summed E-state index contributed by atoms with van der Waals surface area (Å²) in [5, 5.41) is 3.55. The molecule has 3 aromatic carbocycles. The lowest BCUT2D eigenvalue weighted by Gasteiger charge is -2.33. The van der Waals surface area contributed by atoms with Crippen molar-refractivity contribution in [3.63, 3.8) is 0 Å². The van der Waals surface area contributed by atoms with Crippen LogP contribution in [0.5, 0.6) is 5.75 Å². The first-order chi connectivity index (χ1) is 20.5. The van der Waals surface area contributed by atoms with Crippen LogP contribution in [0.3, 0.4) is 0 Å². The molecule has 11 heteroatoms. The van der Waals surface area contributed by atoms with E-state index in [4.69, 9.17) is 16.3 Å². The maximum Gasteiger partial charge on any atom is 0.264 e. The van der Waals surface area contributed by atoms with E-state index in [2.05, 4.69) is 21.2 Å². The van der Waals surface area contributed by atoms with Crippen LogP contribution in [-0.4, -0.2) is 50.9 Å². The number of hydrogen-bond donors (Lipinski definition) is 1. The molecule has 43 heavy (non-hydrogen) atoms. The van der Waals surface area contributed by atoms with Crippen molar-refractivity contribution in [3.05, 3.63) is 87.4 Å². The van der Waals surface area contributed by atoms with E-state index in [0.29, 0.717) is 26.5 Å². The van der Waals surface area contributed by atoms with E-state index in [9.17, 15) is 18.0 Å². The third-order valence-corrected chi connectivity index (χ3v) is 10.5. The summed E-state index contributed by atoms with van der Waals surface area (Å²) in [7, 11) is -2.73. The standard InChI is InChI=1S/C32H37BrClN3O5S/c1-22-13-15-26(16-14-22)37(43(40,41)27-17-18-30(42-3)28(33)19-27)21-31(38)36(20-24-9-7-8-12-29(24)34)23(2)32(39)35-25-10-5-4-6-11-25/h7-9,12-19,23,25H,4-6,10-11,20-21H2,1-3H3,(H,35,39). The Hall–Kier alpha value is -3.08. The average Bonchev–Trinajstić information content (AvgIpc) is 3.00. The monoisotopic (exact) mass is 689 g/mol. The number of halogens is 2. The van der Waals surface area contributed by atoms with Gasteiger partial charge in [-0.1, -0.05) is 66.8 Å². The Kier molecular flexibility index (Phi) is 11.1. The largest absolute Gasteiger partial charge is 0.496 e. The van der Waals surface area contributed by atoms with Crippen LogP contribution in [0, 0.1) is 6.92 Å². The normalized spacial score (nSPS) is 14.5. The fourth-order valence-electron chi connectivity index (χ4n) is 5.14. The summed E-state index contributed by atoms with van der Waals surface area (Å²) in [6.45, 7) is 3.07. The molecular formula is C32H37BrClN3O5S. The van der Waals surface area contributed by atoms with Gasteiger partial charge in [-0.05, 0) is 84.6 Å². The number of hydrogen-bond acceptors (Lipinski definition) is 5. The Balaban J connectivity index is 1.70. The zero-order valence-corrected chi connectivity index (χ0v) is 27.7. The molecule has 1 aliphatic carbocycles. The predicted octanol–water partition coefficient (Wildman–Crippen LogP) is 6.48. The zero-order chi connectivity index (χ0) is 31.1. The molecule has 1 atom stereocenters.